The molecular formula is C25H17FN4O2S. The zero-order valence-corrected chi connectivity index (χ0v) is 18.2. The van der Waals surface area contributed by atoms with Crippen molar-refractivity contribution < 1.29 is 14.0 Å². The number of nitriles is 1. The highest BCUT2D eigenvalue weighted by Gasteiger charge is 2.17. The van der Waals surface area contributed by atoms with Gasteiger partial charge in [-0.3, -0.25) is 14.9 Å². The molecule has 1 heterocycles. The summed E-state index contributed by atoms with van der Waals surface area (Å²) in [6, 6.07) is 20.5. The number of amides is 2. The average Bonchev–Trinajstić information content (AvgIpc) is 3.26. The van der Waals surface area contributed by atoms with Gasteiger partial charge in [-0.15, -0.1) is 11.3 Å². The molecule has 0 aliphatic rings. The summed E-state index contributed by atoms with van der Waals surface area (Å²) in [6.07, 6.45) is 0. The van der Waals surface area contributed by atoms with Gasteiger partial charge in [-0.1, -0.05) is 36.4 Å². The minimum Gasteiger partial charge on any atom is -0.326 e. The minimum atomic E-state index is -0.539. The van der Waals surface area contributed by atoms with Crippen LogP contribution in [0.25, 0.3) is 22.4 Å². The fraction of sp³-hybridized carbons (Fsp3) is 0.0400. The second kappa shape index (κ2) is 9.42. The minimum absolute atomic E-state index is 0.254. The van der Waals surface area contributed by atoms with Crippen LogP contribution in [0.2, 0.25) is 0 Å². The Labute approximate surface area is 193 Å². The zero-order chi connectivity index (χ0) is 23.4. The van der Waals surface area contributed by atoms with Gasteiger partial charge in [0, 0.05) is 34.7 Å². The maximum absolute atomic E-state index is 14.5. The Kier molecular flexibility index (Phi) is 6.24. The lowest BCUT2D eigenvalue weighted by atomic mass is 9.95. The lowest BCUT2D eigenvalue weighted by Gasteiger charge is -2.10. The van der Waals surface area contributed by atoms with E-state index in [4.69, 9.17) is 0 Å². The van der Waals surface area contributed by atoms with Crippen molar-refractivity contribution in [3.8, 4) is 28.5 Å². The Balaban J connectivity index is 1.59. The highest BCUT2D eigenvalue weighted by Crippen LogP contribution is 2.31. The van der Waals surface area contributed by atoms with Crippen LogP contribution < -0.4 is 10.6 Å². The molecule has 2 N–H and O–H groups in total. The Morgan fingerprint density at radius 2 is 1.70 bits per heavy atom. The van der Waals surface area contributed by atoms with Crippen LogP contribution in [-0.4, -0.2) is 16.8 Å². The van der Waals surface area contributed by atoms with E-state index in [1.807, 2.05) is 6.07 Å². The molecule has 1 aromatic heterocycles. The molecule has 0 saturated carbocycles. The van der Waals surface area contributed by atoms with Crippen molar-refractivity contribution in [2.75, 3.05) is 10.6 Å². The van der Waals surface area contributed by atoms with Crippen molar-refractivity contribution in [1.82, 2.24) is 4.98 Å². The second-order valence-corrected chi connectivity index (χ2v) is 7.93. The van der Waals surface area contributed by atoms with E-state index in [9.17, 15) is 19.2 Å². The predicted octanol–water partition coefficient (Wildman–Crippen LogP) is 5.70. The largest absolute Gasteiger partial charge is 0.326 e. The van der Waals surface area contributed by atoms with E-state index in [0.29, 0.717) is 38.8 Å². The number of anilines is 2. The van der Waals surface area contributed by atoms with Crippen molar-refractivity contribution in [2.24, 2.45) is 0 Å². The van der Waals surface area contributed by atoms with E-state index >= 15 is 0 Å². The number of carbonyl (C=O) groups excluding carboxylic acids is 2. The molecule has 0 aliphatic heterocycles. The summed E-state index contributed by atoms with van der Waals surface area (Å²) in [5, 5.41) is 16.7. The maximum Gasteiger partial charge on any atom is 0.258 e. The van der Waals surface area contributed by atoms with Crippen LogP contribution in [0.5, 0.6) is 0 Å². The smallest absolute Gasteiger partial charge is 0.258 e. The van der Waals surface area contributed by atoms with Crippen molar-refractivity contribution in [2.45, 2.75) is 6.92 Å². The first-order valence-electron chi connectivity index (χ1n) is 9.89. The van der Waals surface area contributed by atoms with Gasteiger partial charge in [0.2, 0.25) is 5.91 Å². The van der Waals surface area contributed by atoms with Crippen LogP contribution >= 0.6 is 11.3 Å². The molecule has 6 nitrogen and oxygen atoms in total. The van der Waals surface area contributed by atoms with Crippen LogP contribution in [0.15, 0.2) is 72.1 Å². The molecule has 0 atom stereocenters. The highest BCUT2D eigenvalue weighted by molar-refractivity contribution is 7.14. The van der Waals surface area contributed by atoms with Crippen LogP contribution in [-0.2, 0) is 4.79 Å². The number of benzene rings is 3. The first-order chi connectivity index (χ1) is 16.0. The first kappa shape index (κ1) is 21.9. The summed E-state index contributed by atoms with van der Waals surface area (Å²) in [6.45, 7) is 1.35. The van der Waals surface area contributed by atoms with Crippen LogP contribution in [0, 0.1) is 17.1 Å². The number of nitrogens with one attached hydrogen (secondary N) is 2. The quantitative estimate of drug-likeness (QED) is 0.403. The monoisotopic (exact) mass is 456 g/mol. The first-order valence-corrected chi connectivity index (χ1v) is 10.8. The topological polar surface area (TPSA) is 94.9 Å². The van der Waals surface area contributed by atoms with Gasteiger partial charge in [0.05, 0.1) is 17.3 Å². The van der Waals surface area contributed by atoms with Gasteiger partial charge in [0.1, 0.15) is 5.82 Å². The van der Waals surface area contributed by atoms with E-state index in [-0.39, 0.29) is 17.4 Å². The zero-order valence-electron chi connectivity index (χ0n) is 17.4. The normalized spacial score (nSPS) is 10.3. The summed E-state index contributed by atoms with van der Waals surface area (Å²) in [7, 11) is 0. The molecule has 4 aromatic rings. The number of halogens is 1. The molecule has 4 rings (SSSR count). The van der Waals surface area contributed by atoms with E-state index < -0.39 is 5.82 Å². The summed E-state index contributed by atoms with van der Waals surface area (Å²) in [5.41, 5.74) is 3.11. The molecule has 0 aliphatic carbocycles. The summed E-state index contributed by atoms with van der Waals surface area (Å²) in [4.78, 5) is 28.5. The van der Waals surface area contributed by atoms with Crippen molar-refractivity contribution in [1.29, 1.82) is 5.26 Å². The van der Waals surface area contributed by atoms with E-state index in [1.165, 1.54) is 30.4 Å². The summed E-state index contributed by atoms with van der Waals surface area (Å²) < 4.78 is 14.5. The summed E-state index contributed by atoms with van der Waals surface area (Å²) >= 11 is 1.17. The van der Waals surface area contributed by atoms with Crippen LogP contribution in [0.3, 0.4) is 0 Å². The van der Waals surface area contributed by atoms with Gasteiger partial charge in [-0.25, -0.2) is 9.37 Å². The van der Waals surface area contributed by atoms with E-state index in [1.54, 1.807) is 53.9 Å². The third-order valence-electron chi connectivity index (χ3n) is 4.80. The number of carbonyl (C=O) groups is 2. The molecular weight excluding hydrogens is 439 g/mol. The van der Waals surface area contributed by atoms with Gasteiger partial charge in [0.25, 0.3) is 5.91 Å². The van der Waals surface area contributed by atoms with Gasteiger partial charge in [-0.05, 0) is 35.9 Å². The number of hydrogen-bond acceptors (Lipinski definition) is 5. The Bertz CT molecular complexity index is 1410. The maximum atomic E-state index is 14.5. The SMILES string of the molecule is CC(=O)Nc1ccc(-c2csc(NC(=O)c3ccccc3-c3ccccc3C#N)n2)c(F)c1. The van der Waals surface area contributed by atoms with E-state index in [0.717, 1.165) is 0 Å². The molecule has 0 radical (unpaired) electrons. The molecule has 0 fully saturated rings. The van der Waals surface area contributed by atoms with Gasteiger partial charge >= 0.3 is 0 Å². The van der Waals surface area contributed by atoms with Crippen LogP contribution in [0.1, 0.15) is 22.8 Å². The summed E-state index contributed by atoms with van der Waals surface area (Å²) in [5.74, 6) is -1.22. The third-order valence-corrected chi connectivity index (χ3v) is 5.56. The molecule has 0 spiro atoms. The van der Waals surface area contributed by atoms with Crippen molar-refractivity contribution in [3.63, 3.8) is 0 Å². The standard InChI is InChI=1S/C25H17FN4O2S/c1-15(31)28-17-10-11-21(22(26)12-17)23-14-33-25(29-23)30-24(32)20-9-5-4-8-19(20)18-7-3-2-6-16(18)13-27/h2-12,14H,1H3,(H,28,31)(H,29,30,32). The van der Waals surface area contributed by atoms with Crippen LogP contribution in [0.4, 0.5) is 15.2 Å². The average molecular weight is 457 g/mol. The van der Waals surface area contributed by atoms with Gasteiger partial charge < -0.3 is 5.32 Å². The number of nitrogens with zero attached hydrogens (tertiary/aromatic N) is 2. The molecule has 0 bridgehead atoms. The molecule has 3 aromatic carbocycles. The number of aromatic nitrogens is 1. The predicted molar refractivity (Wildman–Crippen MR) is 126 cm³/mol. The number of hydrogen-bond donors (Lipinski definition) is 2. The molecule has 162 valence electrons. The lowest BCUT2D eigenvalue weighted by Crippen LogP contribution is -2.13. The van der Waals surface area contributed by atoms with Crippen molar-refractivity contribution >= 4 is 34.0 Å². The Morgan fingerprint density at radius 1 is 0.970 bits per heavy atom. The number of thiazole rings is 1. The number of rotatable bonds is 5. The molecule has 8 heteroatoms. The molecule has 0 unspecified atom stereocenters. The Morgan fingerprint density at radius 3 is 2.42 bits per heavy atom. The molecule has 0 saturated heterocycles. The van der Waals surface area contributed by atoms with Gasteiger partial charge in [-0.2, -0.15) is 5.26 Å². The Hall–Kier alpha value is -4.35. The fourth-order valence-electron chi connectivity index (χ4n) is 3.35. The second-order valence-electron chi connectivity index (χ2n) is 7.07. The third kappa shape index (κ3) is 4.79. The van der Waals surface area contributed by atoms with E-state index in [2.05, 4.69) is 21.7 Å². The fourth-order valence-corrected chi connectivity index (χ4v) is 4.06. The lowest BCUT2D eigenvalue weighted by molar-refractivity contribution is -0.114. The molecule has 33 heavy (non-hydrogen) atoms. The highest BCUT2D eigenvalue weighted by atomic mass is 32.1. The van der Waals surface area contributed by atoms with Gasteiger partial charge in [0.15, 0.2) is 5.13 Å². The molecule has 2 amide bonds. The van der Waals surface area contributed by atoms with Crippen molar-refractivity contribution in [3.05, 3.63) is 89.1 Å².